The van der Waals surface area contributed by atoms with Crippen LogP contribution in [0.2, 0.25) is 5.02 Å². The molecule has 1 saturated heterocycles. The van der Waals surface area contributed by atoms with E-state index in [9.17, 15) is 14.7 Å². The number of likely N-dealkylation sites (tertiary alicyclic amines) is 1. The van der Waals surface area contributed by atoms with Crippen molar-refractivity contribution in [2.45, 2.75) is 57.1 Å². The molecule has 0 radical (unpaired) electrons. The first-order valence-corrected chi connectivity index (χ1v) is 9.85. The standard InChI is InChI=1S/C20H27ClN2O4/c1-20(26)7-4-15(5-8-20)23-9-6-14(19(23)25)10-13-2-3-16(11-17(13)21)27-12-18(22)24/h2-3,11,14-15,26H,4-10,12H2,1H3,(H2,22,24). The third kappa shape index (κ3) is 4.93. The molecule has 0 spiro atoms. The van der Waals surface area contributed by atoms with Gasteiger partial charge < -0.3 is 20.5 Å². The second-order valence-corrected chi connectivity index (χ2v) is 8.36. The van der Waals surface area contributed by atoms with Crippen molar-refractivity contribution in [2.24, 2.45) is 11.7 Å². The molecule has 7 heteroatoms. The van der Waals surface area contributed by atoms with Crippen LogP contribution in [0.3, 0.4) is 0 Å². The molecule has 0 aromatic heterocycles. The molecule has 148 valence electrons. The van der Waals surface area contributed by atoms with Crippen LogP contribution < -0.4 is 10.5 Å². The topological polar surface area (TPSA) is 92.9 Å². The molecule has 2 fully saturated rings. The number of hydrogen-bond donors (Lipinski definition) is 2. The number of carbonyl (C=O) groups excluding carboxylic acids is 2. The number of aliphatic hydroxyl groups is 1. The van der Waals surface area contributed by atoms with Gasteiger partial charge in [0.05, 0.1) is 5.60 Å². The van der Waals surface area contributed by atoms with Crippen LogP contribution in [0.4, 0.5) is 0 Å². The van der Waals surface area contributed by atoms with Crippen molar-refractivity contribution in [2.75, 3.05) is 13.2 Å². The summed E-state index contributed by atoms with van der Waals surface area (Å²) in [6.07, 6.45) is 4.61. The summed E-state index contributed by atoms with van der Waals surface area (Å²) in [6.45, 7) is 2.45. The SMILES string of the molecule is CC1(O)CCC(N2CCC(Cc3ccc(OCC(N)=O)cc3Cl)C2=O)CC1. The molecule has 0 bridgehead atoms. The van der Waals surface area contributed by atoms with Gasteiger partial charge in [0, 0.05) is 23.5 Å². The van der Waals surface area contributed by atoms with E-state index < -0.39 is 11.5 Å². The fourth-order valence-corrected chi connectivity index (χ4v) is 4.30. The fraction of sp³-hybridized carbons (Fsp3) is 0.600. The van der Waals surface area contributed by atoms with Crippen molar-refractivity contribution < 1.29 is 19.4 Å². The first-order valence-electron chi connectivity index (χ1n) is 9.47. The summed E-state index contributed by atoms with van der Waals surface area (Å²) in [4.78, 5) is 25.7. The number of hydrogen-bond acceptors (Lipinski definition) is 4. The normalized spacial score (nSPS) is 28.4. The zero-order valence-electron chi connectivity index (χ0n) is 15.6. The van der Waals surface area contributed by atoms with Gasteiger partial charge >= 0.3 is 0 Å². The molecular formula is C20H27ClN2O4. The summed E-state index contributed by atoms with van der Waals surface area (Å²) in [7, 11) is 0. The Morgan fingerprint density at radius 2 is 2.07 bits per heavy atom. The van der Waals surface area contributed by atoms with Crippen molar-refractivity contribution in [3.8, 4) is 5.75 Å². The first-order chi connectivity index (χ1) is 12.7. The lowest BCUT2D eigenvalue weighted by Gasteiger charge is -2.37. The molecule has 1 aromatic rings. The van der Waals surface area contributed by atoms with Crippen LogP contribution in [0.15, 0.2) is 18.2 Å². The Morgan fingerprint density at radius 1 is 1.37 bits per heavy atom. The summed E-state index contributed by atoms with van der Waals surface area (Å²) >= 11 is 6.34. The van der Waals surface area contributed by atoms with Crippen LogP contribution in [-0.4, -0.2) is 46.6 Å². The molecule has 3 rings (SSSR count). The smallest absolute Gasteiger partial charge is 0.255 e. The third-order valence-corrected chi connectivity index (χ3v) is 6.05. The van der Waals surface area contributed by atoms with E-state index >= 15 is 0 Å². The lowest BCUT2D eigenvalue weighted by Crippen LogP contribution is -2.43. The zero-order chi connectivity index (χ0) is 19.6. The van der Waals surface area contributed by atoms with Gasteiger partial charge in [0.25, 0.3) is 5.91 Å². The van der Waals surface area contributed by atoms with E-state index in [1.807, 2.05) is 17.9 Å². The van der Waals surface area contributed by atoms with Gasteiger partial charge in [0.15, 0.2) is 6.61 Å². The van der Waals surface area contributed by atoms with E-state index in [2.05, 4.69) is 0 Å². The number of primary amides is 1. The van der Waals surface area contributed by atoms with E-state index in [1.165, 1.54) is 0 Å². The van der Waals surface area contributed by atoms with Crippen LogP contribution in [0.5, 0.6) is 5.75 Å². The number of carbonyl (C=O) groups is 2. The molecule has 1 aromatic carbocycles. The quantitative estimate of drug-likeness (QED) is 0.774. The third-order valence-electron chi connectivity index (χ3n) is 5.70. The highest BCUT2D eigenvalue weighted by molar-refractivity contribution is 6.31. The van der Waals surface area contributed by atoms with Crippen molar-refractivity contribution in [3.63, 3.8) is 0 Å². The highest BCUT2D eigenvalue weighted by atomic mass is 35.5. The van der Waals surface area contributed by atoms with Crippen molar-refractivity contribution in [3.05, 3.63) is 28.8 Å². The molecule has 1 aliphatic heterocycles. The van der Waals surface area contributed by atoms with E-state index in [0.717, 1.165) is 44.2 Å². The second-order valence-electron chi connectivity index (χ2n) is 7.96. The van der Waals surface area contributed by atoms with E-state index in [4.69, 9.17) is 22.1 Å². The van der Waals surface area contributed by atoms with Gasteiger partial charge in [-0.1, -0.05) is 17.7 Å². The molecule has 1 atom stereocenters. The molecule has 3 N–H and O–H groups in total. The second kappa shape index (κ2) is 8.07. The van der Waals surface area contributed by atoms with Gasteiger partial charge in [-0.25, -0.2) is 0 Å². The molecule has 1 aliphatic carbocycles. The largest absolute Gasteiger partial charge is 0.484 e. The van der Waals surface area contributed by atoms with Gasteiger partial charge in [-0.3, -0.25) is 9.59 Å². The average Bonchev–Trinajstić information content (AvgIpc) is 2.96. The Bertz CT molecular complexity index is 712. The highest BCUT2D eigenvalue weighted by Gasteiger charge is 2.39. The van der Waals surface area contributed by atoms with Crippen molar-refractivity contribution >= 4 is 23.4 Å². The summed E-state index contributed by atoms with van der Waals surface area (Å²) in [6, 6.07) is 5.47. The van der Waals surface area contributed by atoms with Crippen LogP contribution in [0.1, 0.15) is 44.6 Å². The zero-order valence-corrected chi connectivity index (χ0v) is 16.4. The minimum Gasteiger partial charge on any atom is -0.484 e. The minimum atomic E-state index is -0.593. The number of benzene rings is 1. The summed E-state index contributed by atoms with van der Waals surface area (Å²) in [5.74, 6) is 0.0567. The summed E-state index contributed by atoms with van der Waals surface area (Å²) in [5.41, 5.74) is 5.37. The lowest BCUT2D eigenvalue weighted by molar-refractivity contribution is -0.134. The Kier molecular flexibility index (Phi) is 5.96. The molecule has 27 heavy (non-hydrogen) atoms. The molecular weight excluding hydrogens is 368 g/mol. The van der Waals surface area contributed by atoms with Crippen molar-refractivity contribution in [1.29, 1.82) is 0 Å². The first kappa shape index (κ1) is 20.0. The van der Waals surface area contributed by atoms with Crippen LogP contribution in [0.25, 0.3) is 0 Å². The highest BCUT2D eigenvalue weighted by Crippen LogP contribution is 2.35. The van der Waals surface area contributed by atoms with Gasteiger partial charge in [0.2, 0.25) is 5.91 Å². The van der Waals surface area contributed by atoms with Gasteiger partial charge in [-0.15, -0.1) is 0 Å². The average molecular weight is 395 g/mol. The number of halogens is 1. The maximum Gasteiger partial charge on any atom is 0.255 e. The van der Waals surface area contributed by atoms with E-state index in [1.54, 1.807) is 12.1 Å². The Hall–Kier alpha value is -1.79. The van der Waals surface area contributed by atoms with Gasteiger partial charge in [-0.2, -0.15) is 0 Å². The van der Waals surface area contributed by atoms with Gasteiger partial charge in [-0.05, 0) is 63.1 Å². The maximum absolute atomic E-state index is 12.9. The number of nitrogens with zero attached hydrogens (tertiary/aromatic N) is 1. The van der Waals surface area contributed by atoms with E-state index in [-0.39, 0.29) is 24.5 Å². The van der Waals surface area contributed by atoms with E-state index in [0.29, 0.717) is 17.2 Å². The Labute approximate surface area is 164 Å². The lowest BCUT2D eigenvalue weighted by atomic mass is 9.83. The molecule has 1 heterocycles. The number of ether oxygens (including phenoxy) is 1. The molecule has 1 saturated carbocycles. The molecule has 2 aliphatic rings. The Morgan fingerprint density at radius 3 is 2.70 bits per heavy atom. The molecule has 6 nitrogen and oxygen atoms in total. The van der Waals surface area contributed by atoms with Crippen LogP contribution >= 0.6 is 11.6 Å². The summed E-state index contributed by atoms with van der Waals surface area (Å²) in [5, 5.41) is 10.6. The summed E-state index contributed by atoms with van der Waals surface area (Å²) < 4.78 is 5.25. The number of rotatable bonds is 6. The predicted molar refractivity (Wildman–Crippen MR) is 103 cm³/mol. The fourth-order valence-electron chi connectivity index (χ4n) is 4.05. The molecule has 2 amide bonds. The number of amides is 2. The maximum atomic E-state index is 12.9. The Balaban J connectivity index is 1.59. The molecule has 1 unspecified atom stereocenters. The van der Waals surface area contributed by atoms with Crippen LogP contribution in [0, 0.1) is 5.92 Å². The van der Waals surface area contributed by atoms with Crippen LogP contribution in [-0.2, 0) is 16.0 Å². The predicted octanol–water partition coefficient (Wildman–Crippen LogP) is 2.29. The van der Waals surface area contributed by atoms with Crippen molar-refractivity contribution in [1.82, 2.24) is 4.90 Å². The number of nitrogens with two attached hydrogens (primary N) is 1. The van der Waals surface area contributed by atoms with Gasteiger partial charge in [0.1, 0.15) is 5.75 Å². The minimum absolute atomic E-state index is 0.0673. The monoisotopic (exact) mass is 394 g/mol.